The van der Waals surface area contributed by atoms with Gasteiger partial charge in [0.15, 0.2) is 0 Å². The zero-order chi connectivity index (χ0) is 26.7. The van der Waals surface area contributed by atoms with E-state index in [1.54, 1.807) is 22.6 Å². The van der Waals surface area contributed by atoms with Gasteiger partial charge in [-0.3, -0.25) is 14.5 Å². The molecule has 9 nitrogen and oxygen atoms in total. The Morgan fingerprint density at radius 2 is 1.95 bits per heavy atom. The largest absolute Gasteiger partial charge is 0.366 e. The molecule has 0 unspecified atom stereocenters. The number of hydrogen-bond acceptors (Lipinski definition) is 6. The molecule has 1 aliphatic heterocycles. The smallest absolute Gasteiger partial charge is 0.250 e. The van der Waals surface area contributed by atoms with Crippen molar-refractivity contribution < 1.29 is 18.0 Å². The van der Waals surface area contributed by atoms with Crippen LogP contribution in [0, 0.1) is 0 Å². The monoisotopic (exact) mass is 545 g/mol. The summed E-state index contributed by atoms with van der Waals surface area (Å²) in [6.45, 7) is 6.28. The van der Waals surface area contributed by atoms with E-state index in [4.69, 9.17) is 5.73 Å². The van der Waals surface area contributed by atoms with Gasteiger partial charge in [-0.1, -0.05) is 0 Å². The third-order valence-corrected chi connectivity index (χ3v) is 9.82. The van der Waals surface area contributed by atoms with Crippen LogP contribution in [-0.2, 0) is 21.4 Å². The Morgan fingerprint density at radius 3 is 2.59 bits per heavy atom. The number of piperidine rings is 1. The lowest BCUT2D eigenvalue weighted by atomic mass is 9.88. The minimum absolute atomic E-state index is 0.0341. The molecule has 2 aromatic heterocycles. The number of carbonyl (C=O) groups excluding carboxylic acids is 2. The van der Waals surface area contributed by atoms with E-state index < -0.39 is 15.9 Å². The van der Waals surface area contributed by atoms with Gasteiger partial charge in [0.05, 0.1) is 16.8 Å². The average Bonchev–Trinajstić information content (AvgIpc) is 3.50. The number of aromatic nitrogens is 1. The maximum absolute atomic E-state index is 12.4. The van der Waals surface area contributed by atoms with Crippen molar-refractivity contribution >= 4 is 44.1 Å². The zero-order valence-corrected chi connectivity index (χ0v) is 23.2. The first kappa shape index (κ1) is 27.3. The van der Waals surface area contributed by atoms with E-state index in [9.17, 15) is 18.0 Å². The molecule has 2 amide bonds. The maximum atomic E-state index is 12.4. The van der Waals surface area contributed by atoms with Crippen molar-refractivity contribution in [2.24, 2.45) is 5.73 Å². The van der Waals surface area contributed by atoms with Crippen molar-refractivity contribution in [2.75, 3.05) is 39.0 Å². The Hall–Kier alpha value is -2.73. The molecular formula is C26H35N5O4S2. The molecule has 200 valence electrons. The number of nitrogens with one attached hydrogen (secondary N) is 2. The minimum Gasteiger partial charge on any atom is -0.366 e. The molecular weight excluding hydrogens is 510 g/mol. The fourth-order valence-electron chi connectivity index (χ4n) is 4.96. The van der Waals surface area contributed by atoms with Crippen LogP contribution >= 0.6 is 11.3 Å². The van der Waals surface area contributed by atoms with Crippen LogP contribution in [0.2, 0.25) is 0 Å². The summed E-state index contributed by atoms with van der Waals surface area (Å²) < 4.78 is 26.1. The van der Waals surface area contributed by atoms with Crippen LogP contribution in [0.15, 0.2) is 29.8 Å². The summed E-state index contributed by atoms with van der Waals surface area (Å²) in [4.78, 5) is 30.1. The van der Waals surface area contributed by atoms with Gasteiger partial charge >= 0.3 is 0 Å². The maximum Gasteiger partial charge on any atom is 0.250 e. The Labute approximate surface area is 222 Å². The summed E-state index contributed by atoms with van der Waals surface area (Å²) in [5, 5.41) is 5.86. The molecule has 0 spiro atoms. The lowest BCUT2D eigenvalue weighted by Crippen LogP contribution is -2.38. The topological polar surface area (TPSA) is 129 Å². The van der Waals surface area contributed by atoms with Crippen molar-refractivity contribution in [1.29, 1.82) is 0 Å². The van der Waals surface area contributed by atoms with E-state index in [-0.39, 0.29) is 17.6 Å². The van der Waals surface area contributed by atoms with Gasteiger partial charge in [0.25, 0.3) is 5.91 Å². The molecule has 4 N–H and O–H groups in total. The fourth-order valence-corrected chi connectivity index (χ4v) is 7.07. The summed E-state index contributed by atoms with van der Waals surface area (Å²) in [6.07, 6.45) is 3.41. The van der Waals surface area contributed by atoms with E-state index in [0.717, 1.165) is 53.5 Å². The molecule has 11 heteroatoms. The van der Waals surface area contributed by atoms with Gasteiger partial charge in [0.1, 0.15) is 0 Å². The summed E-state index contributed by atoms with van der Waals surface area (Å²) in [5.74, 6) is -0.210. The number of nitrogens with zero attached hydrogens (tertiary/aromatic N) is 2. The summed E-state index contributed by atoms with van der Waals surface area (Å²) >= 11 is 1.66. The molecule has 1 saturated heterocycles. The number of aromatic amines is 1. The molecule has 0 bridgehead atoms. The van der Waals surface area contributed by atoms with Crippen LogP contribution in [0.3, 0.4) is 0 Å². The Balaban J connectivity index is 1.58. The lowest BCUT2D eigenvalue weighted by molar-refractivity contribution is -0.119. The van der Waals surface area contributed by atoms with Crippen molar-refractivity contribution in [2.45, 2.75) is 39.2 Å². The number of likely N-dealkylation sites (N-methyl/N-ethyl adjacent to an activating group) is 1. The third kappa shape index (κ3) is 6.23. The summed E-state index contributed by atoms with van der Waals surface area (Å²) in [6, 6.07) is 6.08. The number of rotatable bonds is 10. The van der Waals surface area contributed by atoms with Gasteiger partial charge in [-0.2, -0.15) is 0 Å². The minimum atomic E-state index is -3.19. The highest BCUT2D eigenvalue weighted by Gasteiger charge is 2.29. The van der Waals surface area contributed by atoms with Crippen molar-refractivity contribution in [1.82, 2.24) is 19.5 Å². The van der Waals surface area contributed by atoms with E-state index in [0.29, 0.717) is 25.2 Å². The Bertz CT molecular complexity index is 1390. The number of carbonyl (C=O) groups is 2. The van der Waals surface area contributed by atoms with E-state index in [1.165, 1.54) is 11.8 Å². The lowest BCUT2D eigenvalue weighted by Gasteiger charge is -2.31. The SMILES string of the molecule is CCS(=O)(=O)N1CCC(c2c[nH]c3c(C(N)=O)cc(-c4csc(CN(C)CCNC(C)=O)c4)cc23)CC1. The number of benzene rings is 1. The highest BCUT2D eigenvalue weighted by molar-refractivity contribution is 7.89. The van der Waals surface area contributed by atoms with Gasteiger partial charge in [-0.05, 0) is 73.0 Å². The Morgan fingerprint density at radius 1 is 1.22 bits per heavy atom. The standard InChI is InChI=1S/C26H35N5O4S2/c1-4-37(34,35)31-8-5-18(6-9-31)24-14-29-25-22(24)12-19(13-23(25)26(27)33)20-11-21(36-16-20)15-30(3)10-7-28-17(2)32/h11-14,16,18,29H,4-10,15H2,1-3H3,(H2,27,33)(H,28,32). The zero-order valence-electron chi connectivity index (χ0n) is 21.5. The quantitative estimate of drug-likeness (QED) is 0.361. The number of sulfonamides is 1. The van der Waals surface area contributed by atoms with Crippen LogP contribution in [0.1, 0.15) is 53.4 Å². The molecule has 0 radical (unpaired) electrons. The first-order valence-electron chi connectivity index (χ1n) is 12.5. The second-order valence-corrected chi connectivity index (χ2v) is 12.9. The van der Waals surface area contributed by atoms with E-state index >= 15 is 0 Å². The number of thiophene rings is 1. The van der Waals surface area contributed by atoms with Crippen LogP contribution in [0.25, 0.3) is 22.0 Å². The molecule has 1 aromatic carbocycles. The van der Waals surface area contributed by atoms with Gasteiger partial charge < -0.3 is 16.0 Å². The van der Waals surface area contributed by atoms with Crippen molar-refractivity contribution in [3.8, 4) is 11.1 Å². The fraction of sp³-hybridized carbons (Fsp3) is 0.462. The molecule has 0 saturated carbocycles. The average molecular weight is 546 g/mol. The number of fused-ring (bicyclic) bond motifs is 1. The predicted molar refractivity (Wildman–Crippen MR) is 148 cm³/mol. The van der Waals surface area contributed by atoms with Crippen LogP contribution in [-0.4, -0.2) is 73.4 Å². The Kier molecular flexibility index (Phi) is 8.37. The predicted octanol–water partition coefficient (Wildman–Crippen LogP) is 3.09. The number of nitrogens with two attached hydrogens (primary N) is 1. The number of amides is 2. The van der Waals surface area contributed by atoms with E-state index in [1.807, 2.05) is 19.3 Å². The second-order valence-electron chi connectivity index (χ2n) is 9.65. The second kappa shape index (κ2) is 11.3. The molecule has 0 atom stereocenters. The number of H-pyrrole nitrogens is 1. The molecule has 3 heterocycles. The highest BCUT2D eigenvalue weighted by Crippen LogP contribution is 2.38. The molecule has 1 aliphatic rings. The van der Waals surface area contributed by atoms with Crippen LogP contribution in [0.4, 0.5) is 0 Å². The van der Waals surface area contributed by atoms with Crippen molar-refractivity contribution in [3.63, 3.8) is 0 Å². The third-order valence-electron chi connectivity index (χ3n) is 7.02. The first-order chi connectivity index (χ1) is 17.6. The first-order valence-corrected chi connectivity index (χ1v) is 15.0. The molecule has 3 aromatic rings. The van der Waals surface area contributed by atoms with Gasteiger partial charge in [-0.25, -0.2) is 12.7 Å². The number of hydrogen-bond donors (Lipinski definition) is 3. The molecule has 1 fully saturated rings. The normalized spacial score (nSPS) is 15.5. The van der Waals surface area contributed by atoms with Gasteiger partial charge in [0, 0.05) is 56.1 Å². The highest BCUT2D eigenvalue weighted by atomic mass is 32.2. The molecule has 4 rings (SSSR count). The summed E-state index contributed by atoms with van der Waals surface area (Å²) in [5.41, 5.74) is 9.99. The number of primary amides is 1. The van der Waals surface area contributed by atoms with Gasteiger partial charge in [0.2, 0.25) is 15.9 Å². The molecule has 37 heavy (non-hydrogen) atoms. The van der Waals surface area contributed by atoms with Crippen LogP contribution < -0.4 is 11.1 Å². The molecule has 0 aliphatic carbocycles. The van der Waals surface area contributed by atoms with E-state index in [2.05, 4.69) is 32.7 Å². The van der Waals surface area contributed by atoms with Crippen LogP contribution in [0.5, 0.6) is 0 Å². The summed E-state index contributed by atoms with van der Waals surface area (Å²) in [7, 11) is -1.17. The van der Waals surface area contributed by atoms with Crippen molar-refractivity contribution in [3.05, 3.63) is 45.8 Å². The van der Waals surface area contributed by atoms with Gasteiger partial charge in [-0.15, -0.1) is 11.3 Å².